The maximum Gasteiger partial charge on any atom is 0.508 e. The van der Waals surface area contributed by atoms with Gasteiger partial charge in [0.2, 0.25) is 11.9 Å². The number of ether oxygens (including phenoxy) is 10. The van der Waals surface area contributed by atoms with Gasteiger partial charge < -0.3 is 47.4 Å². The first-order valence-electron chi connectivity index (χ1n) is 13.6. The summed E-state index contributed by atoms with van der Waals surface area (Å²) < 4.78 is 52.9. The van der Waals surface area contributed by atoms with Gasteiger partial charge in [-0.15, -0.1) is 0 Å². The molecule has 2 aliphatic heterocycles. The highest BCUT2D eigenvalue weighted by Crippen LogP contribution is 2.49. The number of methoxy groups -OCH3 is 4. The molecule has 0 amide bonds. The lowest BCUT2D eigenvalue weighted by Gasteiger charge is -2.48. The second kappa shape index (κ2) is 14.3. The quantitative estimate of drug-likeness (QED) is 0.306. The van der Waals surface area contributed by atoms with Gasteiger partial charge in [-0.05, 0) is 41.2 Å². The molecule has 0 N–H and O–H groups in total. The Morgan fingerprint density at radius 3 is 1.93 bits per heavy atom. The predicted octanol–water partition coefficient (Wildman–Crippen LogP) is 4.16. The molecule has 14 nitrogen and oxygen atoms in total. The highest BCUT2D eigenvalue weighted by atomic mass is 16.8. The molecule has 1 spiro atoms. The van der Waals surface area contributed by atoms with Gasteiger partial charge in [0.1, 0.15) is 12.7 Å². The van der Waals surface area contributed by atoms with E-state index in [1.807, 2.05) is 30.3 Å². The van der Waals surface area contributed by atoms with E-state index in [1.54, 1.807) is 0 Å². The van der Waals surface area contributed by atoms with E-state index >= 15 is 0 Å². The van der Waals surface area contributed by atoms with E-state index in [4.69, 9.17) is 37.9 Å². The van der Waals surface area contributed by atoms with E-state index in [-0.39, 0.29) is 6.61 Å². The van der Waals surface area contributed by atoms with E-state index < -0.39 is 61.4 Å². The fourth-order valence-electron chi connectivity index (χ4n) is 5.09. The topological polar surface area (TPSA) is 161 Å². The van der Waals surface area contributed by atoms with Crippen molar-refractivity contribution in [1.29, 1.82) is 0 Å². The van der Waals surface area contributed by atoms with Crippen LogP contribution < -0.4 is 0 Å². The summed E-state index contributed by atoms with van der Waals surface area (Å²) in [4.78, 5) is 49.3. The Kier molecular flexibility index (Phi) is 10.5. The van der Waals surface area contributed by atoms with Crippen molar-refractivity contribution in [2.75, 3.05) is 35.0 Å². The summed E-state index contributed by atoms with van der Waals surface area (Å²) in [5, 5.41) is 0. The summed E-state index contributed by atoms with van der Waals surface area (Å²) in [5.41, 5.74) is 4.22. The largest absolute Gasteiger partial charge is 0.508 e. The average molecular weight is 619 g/mol. The van der Waals surface area contributed by atoms with E-state index in [0.29, 0.717) is 17.5 Å². The molecule has 0 unspecified atom stereocenters. The number of hydrogen-bond acceptors (Lipinski definition) is 14. The van der Waals surface area contributed by atoms with Crippen molar-refractivity contribution in [3.05, 3.63) is 70.3 Å². The van der Waals surface area contributed by atoms with Crippen LogP contribution in [0.15, 0.2) is 42.5 Å². The molecule has 0 radical (unpaired) electrons. The third-order valence-electron chi connectivity index (χ3n) is 7.24. The maximum absolute atomic E-state index is 12.6. The van der Waals surface area contributed by atoms with Gasteiger partial charge in [-0.3, -0.25) is 0 Å². The maximum atomic E-state index is 12.6. The van der Waals surface area contributed by atoms with Crippen molar-refractivity contribution in [1.82, 2.24) is 0 Å². The zero-order valence-electron chi connectivity index (χ0n) is 24.9. The second-order valence-electron chi connectivity index (χ2n) is 9.78. The molecule has 5 atom stereocenters. The monoisotopic (exact) mass is 618 g/mol. The molecular weight excluding hydrogens is 584 g/mol. The number of hydrogen-bond donors (Lipinski definition) is 0. The fourth-order valence-corrected chi connectivity index (χ4v) is 5.09. The van der Waals surface area contributed by atoms with E-state index in [9.17, 15) is 19.2 Å². The number of carbonyl (C=O) groups is 4. The Balaban J connectivity index is 1.83. The zero-order valence-corrected chi connectivity index (χ0v) is 24.9. The third-order valence-corrected chi connectivity index (χ3v) is 7.24. The van der Waals surface area contributed by atoms with E-state index in [1.165, 1.54) is 5.56 Å². The SMILES string of the molecule is CCc1ccc(Cc2ccc3c(c2)[C@]2(OC3)O[C@H](COC(=O)OC)[C@H](OC(=O)OC)[C@H](OC(=O)OC)[C@H]2OC(=O)OC)cc1. The number of benzene rings is 2. The molecule has 2 aromatic carbocycles. The molecule has 14 heteroatoms. The first-order chi connectivity index (χ1) is 21.2. The fraction of sp³-hybridized carbons (Fsp3) is 0.467. The van der Waals surface area contributed by atoms with Crippen LogP contribution in [0.3, 0.4) is 0 Å². The molecule has 0 saturated carbocycles. The molecule has 44 heavy (non-hydrogen) atoms. The minimum atomic E-state index is -1.95. The second-order valence-corrected chi connectivity index (χ2v) is 9.78. The Labute approximate surface area is 253 Å². The molecule has 2 aliphatic rings. The summed E-state index contributed by atoms with van der Waals surface area (Å²) in [6.45, 7) is 1.51. The number of aryl methyl sites for hydroxylation is 1. The Morgan fingerprint density at radius 2 is 1.32 bits per heavy atom. The first-order valence-corrected chi connectivity index (χ1v) is 13.6. The van der Waals surface area contributed by atoms with Crippen molar-refractivity contribution >= 4 is 24.6 Å². The molecule has 4 rings (SSSR count). The van der Waals surface area contributed by atoms with Crippen LogP contribution in [-0.4, -0.2) is 84.1 Å². The Hall–Kier alpha value is -4.56. The molecular formula is C30H34O14. The zero-order chi connectivity index (χ0) is 31.9. The lowest BCUT2D eigenvalue weighted by Crippen LogP contribution is -2.66. The van der Waals surface area contributed by atoms with Gasteiger partial charge in [0.15, 0.2) is 12.2 Å². The molecule has 2 aromatic rings. The van der Waals surface area contributed by atoms with Crippen molar-refractivity contribution in [3.63, 3.8) is 0 Å². The third kappa shape index (κ3) is 6.97. The smallest absolute Gasteiger partial charge is 0.438 e. The van der Waals surface area contributed by atoms with Crippen LogP contribution in [0.5, 0.6) is 0 Å². The van der Waals surface area contributed by atoms with Crippen LogP contribution in [0, 0.1) is 0 Å². The van der Waals surface area contributed by atoms with Gasteiger partial charge in [0, 0.05) is 5.56 Å². The van der Waals surface area contributed by atoms with Crippen molar-refractivity contribution in [3.8, 4) is 0 Å². The van der Waals surface area contributed by atoms with Crippen molar-refractivity contribution < 1.29 is 66.5 Å². The van der Waals surface area contributed by atoms with Crippen molar-refractivity contribution in [2.24, 2.45) is 0 Å². The first kappa shape index (κ1) is 32.4. The van der Waals surface area contributed by atoms with Crippen molar-refractivity contribution in [2.45, 2.75) is 56.6 Å². The standard InChI is InChI=1S/C30H34O14/c1-6-17-7-9-18(10-8-17)13-19-11-12-20-15-40-30(21(20)14-19)25(43-29(34)38-5)24(42-28(33)37-4)23(41-27(32)36-3)22(44-30)16-39-26(31)35-2/h7-12,14,22-25H,6,13,15-16H2,1-5H3/t22-,23+,24+,25-,30+/m1/s1. The average Bonchev–Trinajstić information content (AvgIpc) is 3.40. The van der Waals surface area contributed by atoms with Gasteiger partial charge in [0.05, 0.1) is 35.0 Å². The summed E-state index contributed by atoms with van der Waals surface area (Å²) in [6, 6.07) is 13.8. The van der Waals surface area contributed by atoms with Gasteiger partial charge in [-0.25, -0.2) is 19.2 Å². The highest BCUT2D eigenvalue weighted by Gasteiger charge is 2.64. The minimum absolute atomic E-state index is 0.000108. The molecule has 0 bridgehead atoms. The Morgan fingerprint density at radius 1 is 0.750 bits per heavy atom. The lowest BCUT2D eigenvalue weighted by atomic mass is 9.86. The minimum Gasteiger partial charge on any atom is -0.438 e. The molecule has 2 heterocycles. The number of fused-ring (bicyclic) bond motifs is 2. The van der Waals surface area contributed by atoms with Gasteiger partial charge in [-0.1, -0.05) is 43.3 Å². The predicted molar refractivity (Wildman–Crippen MR) is 147 cm³/mol. The molecule has 0 aliphatic carbocycles. The molecule has 238 valence electrons. The van der Waals surface area contributed by atoms with Crippen LogP contribution in [0.4, 0.5) is 19.2 Å². The van der Waals surface area contributed by atoms with Gasteiger partial charge in [-0.2, -0.15) is 0 Å². The van der Waals surface area contributed by atoms with Crippen LogP contribution in [0.25, 0.3) is 0 Å². The van der Waals surface area contributed by atoms with Crippen LogP contribution >= 0.6 is 0 Å². The molecule has 1 fully saturated rings. The molecule has 0 aromatic heterocycles. The lowest BCUT2D eigenvalue weighted by molar-refractivity contribution is -0.368. The van der Waals surface area contributed by atoms with Gasteiger partial charge in [0.25, 0.3) is 0 Å². The van der Waals surface area contributed by atoms with Crippen LogP contribution in [0.2, 0.25) is 0 Å². The summed E-state index contributed by atoms with van der Waals surface area (Å²) in [5.74, 6) is -1.95. The summed E-state index contributed by atoms with van der Waals surface area (Å²) in [6.07, 6.45) is -9.40. The normalized spacial score (nSPS) is 23.6. The number of rotatable bonds is 8. The van der Waals surface area contributed by atoms with E-state index in [0.717, 1.165) is 46.0 Å². The number of carbonyl (C=O) groups excluding carboxylic acids is 4. The van der Waals surface area contributed by atoms with Gasteiger partial charge >= 0.3 is 24.6 Å². The Bertz CT molecular complexity index is 1340. The molecule has 1 saturated heterocycles. The summed E-state index contributed by atoms with van der Waals surface area (Å²) >= 11 is 0. The summed E-state index contributed by atoms with van der Waals surface area (Å²) in [7, 11) is 4.29. The van der Waals surface area contributed by atoms with E-state index in [2.05, 4.69) is 28.5 Å². The highest BCUT2D eigenvalue weighted by molar-refractivity contribution is 5.63. The van der Waals surface area contributed by atoms with Crippen LogP contribution in [-0.2, 0) is 72.6 Å². The van der Waals surface area contributed by atoms with Crippen LogP contribution in [0.1, 0.15) is 34.7 Å².